The van der Waals surface area contributed by atoms with Crippen LogP contribution in [0.15, 0.2) is 58.7 Å². The highest BCUT2D eigenvalue weighted by molar-refractivity contribution is 6.02. The maximum Gasteiger partial charge on any atom is 0.240 e. The molecule has 2 saturated carbocycles. The summed E-state index contributed by atoms with van der Waals surface area (Å²) in [6.45, 7) is 3.66. The van der Waals surface area contributed by atoms with E-state index in [1.165, 1.54) is 12.8 Å². The van der Waals surface area contributed by atoms with Crippen LogP contribution in [0, 0.1) is 11.8 Å². The van der Waals surface area contributed by atoms with Gasteiger partial charge < -0.3 is 10.6 Å². The zero-order valence-electron chi connectivity index (χ0n) is 28.6. The molecule has 48 heavy (non-hydrogen) atoms. The quantitative estimate of drug-likeness (QED) is 0.0898. The van der Waals surface area contributed by atoms with Crippen molar-refractivity contribution >= 4 is 46.4 Å². The molecule has 10 nitrogen and oxygen atoms in total. The zero-order valence-corrected chi connectivity index (χ0v) is 28.6. The molecule has 0 heterocycles. The fraction of sp³-hybridized carbons (Fsp3) is 0.526. The highest BCUT2D eigenvalue weighted by Gasteiger charge is 2.22. The Morgan fingerprint density at radius 2 is 0.979 bits per heavy atom. The van der Waals surface area contributed by atoms with Crippen molar-refractivity contribution in [3.8, 4) is 0 Å². The smallest absolute Gasteiger partial charge is 0.240 e. The fourth-order valence-electron chi connectivity index (χ4n) is 6.32. The van der Waals surface area contributed by atoms with Crippen LogP contribution in [0.3, 0.4) is 0 Å². The second-order valence-corrected chi connectivity index (χ2v) is 13.2. The number of anilines is 2. The molecule has 2 fully saturated rings. The van der Waals surface area contributed by atoms with Gasteiger partial charge in [0.25, 0.3) is 0 Å². The predicted molar refractivity (Wildman–Crippen MR) is 192 cm³/mol. The molecule has 2 aromatic rings. The van der Waals surface area contributed by atoms with Gasteiger partial charge in [-0.3, -0.25) is 19.2 Å². The van der Waals surface area contributed by atoms with Crippen molar-refractivity contribution in [2.24, 2.45) is 22.0 Å². The molecule has 0 aromatic heterocycles. The van der Waals surface area contributed by atoms with Crippen LogP contribution in [0.25, 0.3) is 0 Å². The minimum Gasteiger partial charge on any atom is -0.326 e. The molecule has 2 aliphatic carbocycles. The summed E-state index contributed by atoms with van der Waals surface area (Å²) >= 11 is 0. The van der Waals surface area contributed by atoms with Gasteiger partial charge in [0, 0.05) is 36.1 Å². The number of rotatable bonds is 15. The van der Waals surface area contributed by atoms with Crippen molar-refractivity contribution in [2.45, 2.75) is 117 Å². The van der Waals surface area contributed by atoms with Gasteiger partial charge in [-0.2, -0.15) is 10.2 Å². The average Bonchev–Trinajstić information content (AvgIpc) is 3.12. The van der Waals surface area contributed by atoms with Gasteiger partial charge in [0.1, 0.15) is 0 Å². The number of hydrazone groups is 2. The van der Waals surface area contributed by atoms with Crippen molar-refractivity contribution in [1.82, 2.24) is 10.9 Å². The summed E-state index contributed by atoms with van der Waals surface area (Å²) in [4.78, 5) is 49.9. The number of nitrogens with zero attached hydrogens (tertiary/aromatic N) is 2. The SMILES string of the molecule is C/C(=N\NC(=O)CCCCCCC(=O)N/N=C(\C)c1cccc(NC(=O)C2CCCCC2)c1)c1cccc(NC(=O)C2CCCCC2)c1. The van der Waals surface area contributed by atoms with Crippen molar-refractivity contribution in [3.63, 3.8) is 0 Å². The summed E-state index contributed by atoms with van der Waals surface area (Å²) in [7, 11) is 0. The Kier molecular flexibility index (Phi) is 14.8. The molecule has 0 spiro atoms. The van der Waals surface area contributed by atoms with Gasteiger partial charge in [-0.15, -0.1) is 0 Å². The first-order valence-electron chi connectivity index (χ1n) is 17.8. The van der Waals surface area contributed by atoms with Crippen molar-refractivity contribution < 1.29 is 19.2 Å². The number of hydrogen-bond acceptors (Lipinski definition) is 6. The Balaban J connectivity index is 1.09. The monoisotopic (exact) mass is 656 g/mol. The Labute approximate surface area is 285 Å². The first kappa shape index (κ1) is 36.5. The van der Waals surface area contributed by atoms with E-state index in [-0.39, 0.29) is 35.5 Å². The molecular formula is C38H52N6O4. The molecule has 2 aliphatic rings. The molecular weight excluding hydrogens is 604 g/mol. The van der Waals surface area contributed by atoms with E-state index in [0.717, 1.165) is 86.7 Å². The minimum atomic E-state index is -0.156. The maximum atomic E-state index is 12.6. The number of benzene rings is 2. The van der Waals surface area contributed by atoms with Crippen molar-refractivity contribution in [1.29, 1.82) is 0 Å². The fourth-order valence-corrected chi connectivity index (χ4v) is 6.32. The summed E-state index contributed by atoms with van der Waals surface area (Å²) in [5.74, 6) is 0.00860. The van der Waals surface area contributed by atoms with Crippen LogP contribution in [-0.4, -0.2) is 35.1 Å². The number of carbonyl (C=O) groups is 4. The normalized spacial score (nSPS) is 16.2. The van der Waals surface area contributed by atoms with Crippen LogP contribution >= 0.6 is 0 Å². The summed E-state index contributed by atoms with van der Waals surface area (Å²) in [6.07, 6.45) is 14.4. The predicted octanol–water partition coefficient (Wildman–Crippen LogP) is 7.45. The first-order valence-corrected chi connectivity index (χ1v) is 17.8. The Morgan fingerprint density at radius 3 is 1.38 bits per heavy atom. The van der Waals surface area contributed by atoms with Crippen LogP contribution < -0.4 is 21.5 Å². The third-order valence-electron chi connectivity index (χ3n) is 9.30. The van der Waals surface area contributed by atoms with Gasteiger partial charge in [-0.1, -0.05) is 75.6 Å². The van der Waals surface area contributed by atoms with Gasteiger partial charge in [0.2, 0.25) is 23.6 Å². The zero-order chi connectivity index (χ0) is 34.1. The Bertz CT molecular complexity index is 1350. The molecule has 10 heteroatoms. The highest BCUT2D eigenvalue weighted by Crippen LogP contribution is 2.26. The van der Waals surface area contributed by atoms with Gasteiger partial charge in [-0.05, 0) is 87.8 Å². The topological polar surface area (TPSA) is 141 Å². The lowest BCUT2D eigenvalue weighted by molar-refractivity contribution is -0.122. The van der Waals surface area contributed by atoms with Gasteiger partial charge in [0.05, 0.1) is 11.4 Å². The molecule has 0 aliphatic heterocycles. The summed E-state index contributed by atoms with van der Waals surface area (Å²) in [6, 6.07) is 15.1. The maximum absolute atomic E-state index is 12.6. The summed E-state index contributed by atoms with van der Waals surface area (Å²) in [5, 5.41) is 14.6. The van der Waals surface area contributed by atoms with Gasteiger partial charge in [0.15, 0.2) is 0 Å². The van der Waals surface area contributed by atoms with E-state index in [0.29, 0.717) is 37.1 Å². The molecule has 2 aromatic carbocycles. The lowest BCUT2D eigenvalue weighted by atomic mass is 9.88. The van der Waals surface area contributed by atoms with Crippen molar-refractivity contribution in [3.05, 3.63) is 59.7 Å². The lowest BCUT2D eigenvalue weighted by Crippen LogP contribution is -2.24. The van der Waals surface area contributed by atoms with Gasteiger partial charge >= 0.3 is 0 Å². The largest absolute Gasteiger partial charge is 0.326 e. The lowest BCUT2D eigenvalue weighted by Gasteiger charge is -2.20. The molecule has 4 rings (SSSR count). The minimum absolute atomic E-state index is 0.0775. The molecule has 4 amide bonds. The molecule has 4 N–H and O–H groups in total. The Hall–Kier alpha value is -4.34. The van der Waals surface area contributed by atoms with E-state index in [9.17, 15) is 19.2 Å². The molecule has 0 unspecified atom stereocenters. The first-order chi connectivity index (χ1) is 23.3. The van der Waals surface area contributed by atoms with Crippen LogP contribution in [0.5, 0.6) is 0 Å². The number of amides is 4. The van der Waals surface area contributed by atoms with Gasteiger partial charge in [-0.25, -0.2) is 10.9 Å². The van der Waals surface area contributed by atoms with Crippen molar-refractivity contribution in [2.75, 3.05) is 10.6 Å². The standard InChI is InChI=1S/C38H52N6O4/c1-27(31-19-13-21-33(25-31)39-37(47)29-15-7-5-8-16-29)41-43-35(45)23-11-3-4-12-24-36(46)44-42-28(2)32-20-14-22-34(26-32)40-38(48)30-17-9-6-10-18-30/h13-14,19-22,25-26,29-30H,3-12,15-18,23-24H2,1-2H3,(H,39,47)(H,40,48)(H,43,45)(H,44,46)/b41-27+,42-28+. The molecule has 258 valence electrons. The number of carbonyl (C=O) groups excluding carboxylic acids is 4. The summed E-state index contributed by atoms with van der Waals surface area (Å²) in [5.41, 5.74) is 9.73. The van der Waals surface area contributed by atoms with E-state index in [1.807, 2.05) is 62.4 Å². The second kappa shape index (κ2) is 19.5. The second-order valence-electron chi connectivity index (χ2n) is 13.2. The molecule has 0 bridgehead atoms. The highest BCUT2D eigenvalue weighted by atomic mass is 16.2. The number of unbranched alkanes of at least 4 members (excludes halogenated alkanes) is 3. The van der Waals surface area contributed by atoms with E-state index >= 15 is 0 Å². The molecule has 0 saturated heterocycles. The third kappa shape index (κ3) is 12.4. The van der Waals surface area contributed by atoms with Crippen LogP contribution in [0.1, 0.15) is 128 Å². The van der Waals surface area contributed by atoms with E-state index in [1.54, 1.807) is 0 Å². The van der Waals surface area contributed by atoms with E-state index in [4.69, 9.17) is 0 Å². The van der Waals surface area contributed by atoms with Crippen LogP contribution in [-0.2, 0) is 19.2 Å². The Morgan fingerprint density at radius 1 is 0.583 bits per heavy atom. The van der Waals surface area contributed by atoms with Crippen LogP contribution in [0.4, 0.5) is 11.4 Å². The van der Waals surface area contributed by atoms with E-state index in [2.05, 4.69) is 31.7 Å². The third-order valence-corrected chi connectivity index (χ3v) is 9.30. The molecule has 0 radical (unpaired) electrons. The number of hydrogen-bond donors (Lipinski definition) is 4. The summed E-state index contributed by atoms with van der Waals surface area (Å²) < 4.78 is 0. The number of nitrogens with one attached hydrogen (secondary N) is 4. The average molecular weight is 657 g/mol. The molecule has 0 atom stereocenters. The van der Waals surface area contributed by atoms with E-state index < -0.39 is 0 Å². The van der Waals surface area contributed by atoms with Crippen LogP contribution in [0.2, 0.25) is 0 Å².